The Labute approximate surface area is 123 Å². The van der Waals surface area contributed by atoms with Gasteiger partial charge in [-0.05, 0) is 20.8 Å². The van der Waals surface area contributed by atoms with Crippen molar-refractivity contribution in [1.82, 2.24) is 9.78 Å². The summed E-state index contributed by atoms with van der Waals surface area (Å²) in [5.41, 5.74) is -1.06. The van der Waals surface area contributed by atoms with E-state index in [9.17, 15) is 14.4 Å². The average molecular weight is 295 g/mol. The van der Waals surface area contributed by atoms with Gasteiger partial charge in [0.1, 0.15) is 12.0 Å². The molecule has 7 nitrogen and oxygen atoms in total. The zero-order valence-corrected chi connectivity index (χ0v) is 13.0. The molecule has 116 valence electrons. The molecule has 1 aromatic rings. The molecule has 1 heterocycles. The van der Waals surface area contributed by atoms with Crippen LogP contribution in [-0.4, -0.2) is 42.2 Å². The second kappa shape index (κ2) is 6.51. The molecular formula is C14H21N3O4. The number of hydrogen-bond donors (Lipinski definition) is 0. The van der Waals surface area contributed by atoms with Crippen LogP contribution < -0.4 is 10.5 Å². The minimum atomic E-state index is -1.31. The van der Waals surface area contributed by atoms with Gasteiger partial charge in [0.15, 0.2) is 5.78 Å². The number of hydrogen-bond acceptors (Lipinski definition) is 6. The van der Waals surface area contributed by atoms with Crippen molar-refractivity contribution in [2.75, 3.05) is 25.6 Å². The highest BCUT2D eigenvalue weighted by Gasteiger charge is 2.37. The maximum absolute atomic E-state index is 12.2. The first-order chi connectivity index (χ1) is 9.70. The zero-order chi connectivity index (χ0) is 16.2. The first-order valence-electron chi connectivity index (χ1n) is 6.65. The average Bonchev–Trinajstić information content (AvgIpc) is 2.40. The number of rotatable bonds is 6. The van der Waals surface area contributed by atoms with E-state index in [0.29, 0.717) is 5.69 Å². The van der Waals surface area contributed by atoms with Crippen LogP contribution >= 0.6 is 0 Å². The molecule has 0 fully saturated rings. The molecule has 0 saturated heterocycles. The fourth-order valence-corrected chi connectivity index (χ4v) is 1.55. The molecule has 0 bridgehead atoms. The van der Waals surface area contributed by atoms with E-state index in [-0.39, 0.29) is 13.2 Å². The lowest BCUT2D eigenvalue weighted by Gasteiger charge is -2.21. The van der Waals surface area contributed by atoms with Crippen LogP contribution in [0.4, 0.5) is 5.69 Å². The van der Waals surface area contributed by atoms with Crippen molar-refractivity contribution in [1.29, 1.82) is 0 Å². The van der Waals surface area contributed by atoms with Gasteiger partial charge in [0.25, 0.3) is 5.56 Å². The van der Waals surface area contributed by atoms with Gasteiger partial charge in [0.2, 0.25) is 0 Å². The van der Waals surface area contributed by atoms with Gasteiger partial charge in [0, 0.05) is 20.2 Å². The Kier molecular flexibility index (Phi) is 5.23. The quantitative estimate of drug-likeness (QED) is 0.560. The molecule has 0 unspecified atom stereocenters. The first-order valence-corrected chi connectivity index (χ1v) is 6.65. The van der Waals surface area contributed by atoms with E-state index in [4.69, 9.17) is 4.74 Å². The van der Waals surface area contributed by atoms with Crippen LogP contribution in [0.5, 0.6) is 0 Å². The molecule has 7 heteroatoms. The van der Waals surface area contributed by atoms with E-state index in [0.717, 1.165) is 4.68 Å². The largest absolute Gasteiger partial charge is 0.465 e. The number of carbonyl (C=O) groups is 2. The lowest BCUT2D eigenvalue weighted by atomic mass is 9.88. The Balaban J connectivity index is 2.93. The highest BCUT2D eigenvalue weighted by molar-refractivity contribution is 6.02. The maximum Gasteiger partial charge on any atom is 0.319 e. The predicted octanol–water partition coefficient (Wildman–Crippen LogP) is 0.468. The fraction of sp³-hybridized carbons (Fsp3) is 0.571. The van der Waals surface area contributed by atoms with Crippen LogP contribution in [0.3, 0.4) is 0 Å². The number of nitrogens with zero attached hydrogens (tertiary/aromatic N) is 3. The molecule has 1 rings (SSSR count). The molecule has 0 amide bonds. The Hall–Kier alpha value is -2.18. The third-order valence-electron chi connectivity index (χ3n) is 3.15. The van der Waals surface area contributed by atoms with Crippen LogP contribution in [0.25, 0.3) is 0 Å². The van der Waals surface area contributed by atoms with Crippen molar-refractivity contribution in [3.8, 4) is 0 Å². The highest BCUT2D eigenvalue weighted by atomic mass is 16.5. The molecule has 0 aliphatic carbocycles. The van der Waals surface area contributed by atoms with Crippen LogP contribution in [0.1, 0.15) is 20.8 Å². The first kappa shape index (κ1) is 16.9. The van der Waals surface area contributed by atoms with Gasteiger partial charge in [-0.3, -0.25) is 14.4 Å². The molecule has 0 aliphatic rings. The summed E-state index contributed by atoms with van der Waals surface area (Å²) in [6.45, 7) is 4.56. The van der Waals surface area contributed by atoms with Gasteiger partial charge in [-0.25, -0.2) is 4.68 Å². The summed E-state index contributed by atoms with van der Waals surface area (Å²) in [4.78, 5) is 37.6. The number of ketones is 1. The molecule has 0 N–H and O–H groups in total. The summed E-state index contributed by atoms with van der Waals surface area (Å²) in [5.74, 6) is -1.03. The Morgan fingerprint density at radius 1 is 1.38 bits per heavy atom. The van der Waals surface area contributed by atoms with Crippen LogP contribution in [0.15, 0.2) is 17.1 Å². The van der Waals surface area contributed by atoms with Crippen molar-refractivity contribution in [2.24, 2.45) is 5.41 Å². The lowest BCUT2D eigenvalue weighted by molar-refractivity contribution is -0.158. The second-order valence-corrected chi connectivity index (χ2v) is 5.37. The van der Waals surface area contributed by atoms with Crippen molar-refractivity contribution in [2.45, 2.75) is 27.3 Å². The minimum absolute atomic E-state index is 0.200. The number of esters is 1. The third kappa shape index (κ3) is 3.90. The summed E-state index contributed by atoms with van der Waals surface area (Å²) in [5, 5.41) is 3.95. The Bertz CT molecular complexity index is 590. The highest BCUT2D eigenvalue weighted by Crippen LogP contribution is 2.19. The molecule has 0 aliphatic heterocycles. The smallest absolute Gasteiger partial charge is 0.319 e. The SMILES string of the molecule is CCOC(=O)C(C)(C)C(=O)Cn1ncc(N(C)C)cc1=O. The van der Waals surface area contributed by atoms with Gasteiger partial charge in [-0.1, -0.05) is 0 Å². The number of anilines is 1. The molecule has 1 aromatic heterocycles. The van der Waals surface area contributed by atoms with Gasteiger partial charge in [0.05, 0.1) is 18.5 Å². The normalized spacial score (nSPS) is 11.1. The summed E-state index contributed by atoms with van der Waals surface area (Å²) < 4.78 is 5.91. The minimum Gasteiger partial charge on any atom is -0.465 e. The van der Waals surface area contributed by atoms with E-state index in [1.165, 1.54) is 26.1 Å². The predicted molar refractivity (Wildman–Crippen MR) is 78.2 cm³/mol. The van der Waals surface area contributed by atoms with Gasteiger partial charge >= 0.3 is 5.97 Å². The topological polar surface area (TPSA) is 81.5 Å². The summed E-state index contributed by atoms with van der Waals surface area (Å²) >= 11 is 0. The Morgan fingerprint density at radius 3 is 2.48 bits per heavy atom. The Morgan fingerprint density at radius 2 is 2.00 bits per heavy atom. The number of Topliss-reactive ketones (excluding diaryl/α,β-unsaturated/α-hetero) is 1. The monoisotopic (exact) mass is 295 g/mol. The summed E-state index contributed by atoms with van der Waals surface area (Å²) in [7, 11) is 3.58. The van der Waals surface area contributed by atoms with E-state index in [1.807, 2.05) is 0 Å². The van der Waals surface area contributed by atoms with Crippen molar-refractivity contribution >= 4 is 17.4 Å². The van der Waals surface area contributed by atoms with Gasteiger partial charge in [-0.15, -0.1) is 0 Å². The van der Waals surface area contributed by atoms with Crippen LogP contribution in [-0.2, 0) is 20.9 Å². The maximum atomic E-state index is 12.2. The molecule has 21 heavy (non-hydrogen) atoms. The van der Waals surface area contributed by atoms with Gasteiger partial charge in [-0.2, -0.15) is 5.10 Å². The van der Waals surface area contributed by atoms with Crippen molar-refractivity contribution in [3.63, 3.8) is 0 Å². The standard InChI is InChI=1S/C14H21N3O4/c1-6-21-13(20)14(2,3)11(18)9-17-12(19)7-10(8-15-17)16(4)5/h7-8H,6,9H2,1-5H3. The van der Waals surface area contributed by atoms with E-state index < -0.39 is 22.7 Å². The van der Waals surface area contributed by atoms with Crippen LogP contribution in [0.2, 0.25) is 0 Å². The van der Waals surface area contributed by atoms with Crippen LogP contribution in [0, 0.1) is 5.41 Å². The van der Waals surface area contributed by atoms with E-state index in [2.05, 4.69) is 5.10 Å². The van der Waals surface area contributed by atoms with Crippen molar-refractivity contribution in [3.05, 3.63) is 22.6 Å². The third-order valence-corrected chi connectivity index (χ3v) is 3.15. The van der Waals surface area contributed by atoms with E-state index >= 15 is 0 Å². The number of ether oxygens (including phenoxy) is 1. The summed E-state index contributed by atoms with van der Waals surface area (Å²) in [6.07, 6.45) is 1.49. The zero-order valence-electron chi connectivity index (χ0n) is 13.0. The van der Waals surface area contributed by atoms with Crippen molar-refractivity contribution < 1.29 is 14.3 Å². The molecule has 0 radical (unpaired) electrons. The summed E-state index contributed by atoms with van der Waals surface area (Å²) in [6, 6.07) is 1.39. The number of carbonyl (C=O) groups excluding carboxylic acids is 2. The molecular weight excluding hydrogens is 274 g/mol. The molecule has 0 atom stereocenters. The second-order valence-electron chi connectivity index (χ2n) is 5.37. The number of aromatic nitrogens is 2. The van der Waals surface area contributed by atoms with E-state index in [1.54, 1.807) is 25.9 Å². The molecule has 0 saturated carbocycles. The molecule has 0 spiro atoms. The van der Waals surface area contributed by atoms with Gasteiger partial charge < -0.3 is 9.64 Å². The lowest BCUT2D eigenvalue weighted by Crippen LogP contribution is -2.39. The molecule has 0 aromatic carbocycles. The fourth-order valence-electron chi connectivity index (χ4n) is 1.55.